The molecule has 0 aliphatic carbocycles. The number of hydrogen-bond donors (Lipinski definition) is 8. The molecule has 132 valence electrons. The molecule has 0 amide bonds. The Kier molecular flexibility index (Phi) is 17.2. The molecule has 0 aliphatic heterocycles. The number of aliphatic hydroxyl groups excluding tert-OH is 8. The Hall–Kier alpha value is -0.120. The minimum atomic E-state index is -2.18. The topological polar surface area (TPSA) is 242 Å². The van der Waals surface area contributed by atoms with Crippen LogP contribution in [0.3, 0.4) is 0 Å². The average molecular weight is 370 g/mol. The van der Waals surface area contributed by atoms with Gasteiger partial charge in [0.05, 0.1) is 25.2 Å². The first-order valence-corrected chi connectivity index (χ1v) is 5.73. The molecule has 0 heterocycles. The van der Waals surface area contributed by atoms with E-state index in [-0.39, 0.29) is 37.7 Å². The maximum absolute atomic E-state index is 9.85. The van der Waals surface area contributed by atoms with Gasteiger partial charge in [-0.15, -0.1) is 0 Å². The van der Waals surface area contributed by atoms with E-state index in [9.17, 15) is 19.8 Å². The zero-order valence-corrected chi connectivity index (χ0v) is 14.0. The van der Waals surface area contributed by atoms with Crippen LogP contribution < -0.4 is 10.2 Å². The van der Waals surface area contributed by atoms with Crippen molar-refractivity contribution in [2.45, 2.75) is 36.6 Å². The monoisotopic (exact) mass is 370 g/mol. The molecular weight excluding hydrogens is 352 g/mol. The summed E-state index contributed by atoms with van der Waals surface area (Å²) in [6, 6.07) is 0. The Morgan fingerprint density at radius 3 is 1.04 bits per heavy atom. The molecule has 0 bridgehead atoms. The van der Waals surface area contributed by atoms with Gasteiger partial charge in [-0.25, -0.2) is 0 Å². The van der Waals surface area contributed by atoms with Crippen molar-refractivity contribution in [3.8, 4) is 0 Å². The van der Waals surface area contributed by atoms with Gasteiger partial charge < -0.3 is 60.7 Å². The molecule has 12 nitrogen and oxygen atoms in total. The van der Waals surface area contributed by atoms with Crippen LogP contribution in [-0.4, -0.2) is 140 Å². The smallest absolute Gasteiger partial charge is 0.547 e. The van der Waals surface area contributed by atoms with Gasteiger partial charge in [0.1, 0.15) is 36.6 Å². The second-order valence-electron chi connectivity index (χ2n) is 4.01. The molecule has 6 atom stereocenters. The summed E-state index contributed by atoms with van der Waals surface area (Å²) in [7, 11) is 0. The molecule has 13 heteroatoms. The van der Waals surface area contributed by atoms with Crippen molar-refractivity contribution in [1.29, 1.82) is 0 Å². The van der Waals surface area contributed by atoms with Gasteiger partial charge in [0.15, 0.2) is 0 Å². The SMILES string of the molecule is O=C([O-])[C@H](O)[C@@H](O)[C@@H](O)CO.O=C([O-])[C@H](O)[C@@H](O)[C@@H](O)CO.[Ca+2]. The molecule has 0 aromatic rings. The van der Waals surface area contributed by atoms with Crippen LogP contribution in [0.25, 0.3) is 0 Å². The number of carboxylic acid groups (broad SMARTS) is 2. The molecular formula is C10H18CaO12. The van der Waals surface area contributed by atoms with Gasteiger partial charge in [-0.1, -0.05) is 0 Å². The van der Waals surface area contributed by atoms with Crippen molar-refractivity contribution >= 4 is 49.7 Å². The Morgan fingerprint density at radius 1 is 0.696 bits per heavy atom. The maximum atomic E-state index is 9.85. The van der Waals surface area contributed by atoms with E-state index in [0.717, 1.165) is 0 Å². The standard InChI is InChI=1S/2C5H10O6.Ca/c2*6-1-2(7)3(8)4(9)5(10)11;/h2*2-4,6-9H,1H2,(H,10,11);/q;;+2/p-2/t2*2-,3-,4+;/m00./s1. The molecule has 0 aromatic heterocycles. The van der Waals surface area contributed by atoms with Crippen LogP contribution in [0.4, 0.5) is 0 Å². The summed E-state index contributed by atoms with van der Waals surface area (Å²) in [4.78, 5) is 19.7. The van der Waals surface area contributed by atoms with Crippen LogP contribution in [0.2, 0.25) is 0 Å². The van der Waals surface area contributed by atoms with E-state index < -0.39 is 61.8 Å². The summed E-state index contributed by atoms with van der Waals surface area (Å²) in [5.41, 5.74) is 0. The first-order chi connectivity index (χ1) is 10.0. The molecule has 0 unspecified atom stereocenters. The zero-order valence-electron chi connectivity index (χ0n) is 11.8. The fourth-order valence-corrected chi connectivity index (χ4v) is 0.916. The quantitative estimate of drug-likeness (QED) is 0.186. The molecule has 0 fully saturated rings. The number of hydrogen-bond acceptors (Lipinski definition) is 12. The van der Waals surface area contributed by atoms with E-state index in [4.69, 9.17) is 40.9 Å². The van der Waals surface area contributed by atoms with Gasteiger partial charge in [0.25, 0.3) is 0 Å². The molecule has 23 heavy (non-hydrogen) atoms. The minimum Gasteiger partial charge on any atom is -0.547 e. The number of carbonyl (C=O) groups excluding carboxylic acids is 2. The summed E-state index contributed by atoms with van der Waals surface area (Å²) >= 11 is 0. The fourth-order valence-electron chi connectivity index (χ4n) is 0.916. The molecule has 0 radical (unpaired) electrons. The predicted octanol–water partition coefficient (Wildman–Crippen LogP) is -8.76. The zero-order chi connectivity index (χ0) is 18.0. The molecule has 0 saturated carbocycles. The average Bonchev–Trinajstić information content (AvgIpc) is 2.50. The molecule has 0 saturated heterocycles. The van der Waals surface area contributed by atoms with Gasteiger partial charge in [0, 0.05) is 0 Å². The Balaban J connectivity index is -0.000000333. The summed E-state index contributed by atoms with van der Waals surface area (Å²) in [5, 5.41) is 87.7. The minimum absolute atomic E-state index is 0. The van der Waals surface area contributed by atoms with Crippen LogP contribution in [0, 0.1) is 0 Å². The van der Waals surface area contributed by atoms with Crippen LogP contribution in [-0.2, 0) is 9.59 Å². The van der Waals surface area contributed by atoms with Gasteiger partial charge in [-0.3, -0.25) is 0 Å². The van der Waals surface area contributed by atoms with Crippen molar-refractivity contribution in [3.05, 3.63) is 0 Å². The van der Waals surface area contributed by atoms with Crippen LogP contribution in [0.5, 0.6) is 0 Å². The summed E-state index contributed by atoms with van der Waals surface area (Å²) in [5.74, 6) is -3.80. The van der Waals surface area contributed by atoms with E-state index in [1.165, 1.54) is 0 Å². The first kappa shape index (κ1) is 27.7. The normalized spacial score (nSPS) is 18.1. The Morgan fingerprint density at radius 2 is 0.913 bits per heavy atom. The van der Waals surface area contributed by atoms with Crippen LogP contribution >= 0.6 is 0 Å². The van der Waals surface area contributed by atoms with Gasteiger partial charge >= 0.3 is 37.7 Å². The number of aliphatic carboxylic acids is 2. The van der Waals surface area contributed by atoms with Crippen molar-refractivity contribution < 1.29 is 60.7 Å². The van der Waals surface area contributed by atoms with E-state index in [2.05, 4.69) is 0 Å². The van der Waals surface area contributed by atoms with Crippen molar-refractivity contribution in [3.63, 3.8) is 0 Å². The van der Waals surface area contributed by atoms with Gasteiger partial charge in [-0.05, 0) is 0 Å². The van der Waals surface area contributed by atoms with Gasteiger partial charge in [-0.2, -0.15) is 0 Å². The molecule has 8 N–H and O–H groups in total. The van der Waals surface area contributed by atoms with Crippen LogP contribution in [0.15, 0.2) is 0 Å². The molecule has 0 rings (SSSR count). The van der Waals surface area contributed by atoms with Crippen molar-refractivity contribution in [2.24, 2.45) is 0 Å². The third kappa shape index (κ3) is 11.1. The van der Waals surface area contributed by atoms with Gasteiger partial charge in [0.2, 0.25) is 0 Å². The van der Waals surface area contributed by atoms with Crippen molar-refractivity contribution in [1.82, 2.24) is 0 Å². The molecule has 0 aliphatic rings. The Labute approximate surface area is 159 Å². The number of aliphatic hydroxyl groups is 8. The Bertz CT molecular complexity index is 308. The number of carbonyl (C=O) groups is 2. The second-order valence-corrected chi connectivity index (χ2v) is 4.01. The maximum Gasteiger partial charge on any atom is 2.00 e. The third-order valence-corrected chi connectivity index (χ3v) is 2.29. The molecule has 0 spiro atoms. The van der Waals surface area contributed by atoms with Crippen LogP contribution in [0.1, 0.15) is 0 Å². The van der Waals surface area contributed by atoms with E-state index >= 15 is 0 Å². The third-order valence-electron chi connectivity index (χ3n) is 2.29. The van der Waals surface area contributed by atoms with E-state index in [1.807, 2.05) is 0 Å². The number of carboxylic acids is 2. The van der Waals surface area contributed by atoms with E-state index in [1.54, 1.807) is 0 Å². The summed E-state index contributed by atoms with van der Waals surface area (Å²) < 4.78 is 0. The largest absolute Gasteiger partial charge is 2.00 e. The van der Waals surface area contributed by atoms with E-state index in [0.29, 0.717) is 0 Å². The summed E-state index contributed by atoms with van der Waals surface area (Å²) in [6.07, 6.45) is -11.6. The second kappa shape index (κ2) is 14.2. The van der Waals surface area contributed by atoms with Crippen molar-refractivity contribution in [2.75, 3.05) is 13.2 Å². The molecule has 0 aromatic carbocycles. The fraction of sp³-hybridized carbons (Fsp3) is 0.800. The number of rotatable bonds is 8. The predicted molar refractivity (Wildman–Crippen MR) is 66.0 cm³/mol. The summed E-state index contributed by atoms with van der Waals surface area (Å²) in [6.45, 7) is -1.66. The first-order valence-electron chi connectivity index (χ1n) is 5.73.